The van der Waals surface area contributed by atoms with E-state index in [0.717, 1.165) is 29.3 Å². The van der Waals surface area contributed by atoms with Crippen molar-refractivity contribution in [3.63, 3.8) is 0 Å². The Labute approximate surface area is 117 Å². The number of rotatable bonds is 2. The average molecular weight is 267 g/mol. The molecule has 2 bridgehead atoms. The third-order valence-electron chi connectivity index (χ3n) is 4.58. The second-order valence-corrected chi connectivity index (χ2v) is 5.78. The molecule has 2 fully saturated rings. The summed E-state index contributed by atoms with van der Waals surface area (Å²) in [6.45, 7) is 0. The van der Waals surface area contributed by atoms with Crippen LogP contribution in [-0.4, -0.2) is 23.0 Å². The standard InChI is InChI=1S/C16H17N3O/c20-16(12-8-11-4-5-15(12)18-11)19-14-3-1-2-10-6-7-17-9-13(10)14/h1-3,6-7,9,11-12,15,18H,4-5,8H2,(H,19,20). The van der Waals surface area contributed by atoms with E-state index in [1.54, 1.807) is 6.20 Å². The van der Waals surface area contributed by atoms with E-state index in [2.05, 4.69) is 15.6 Å². The highest BCUT2D eigenvalue weighted by molar-refractivity contribution is 6.02. The Hall–Kier alpha value is -1.94. The van der Waals surface area contributed by atoms with E-state index in [1.807, 2.05) is 30.5 Å². The van der Waals surface area contributed by atoms with Crippen LogP contribution in [0.5, 0.6) is 0 Å². The van der Waals surface area contributed by atoms with Gasteiger partial charge in [0.15, 0.2) is 0 Å². The number of nitrogens with one attached hydrogen (secondary N) is 2. The number of amides is 1. The van der Waals surface area contributed by atoms with Gasteiger partial charge in [0.1, 0.15) is 0 Å². The number of nitrogens with zero attached hydrogens (tertiary/aromatic N) is 1. The Kier molecular flexibility index (Phi) is 2.70. The summed E-state index contributed by atoms with van der Waals surface area (Å²) in [5, 5.41) is 8.70. The van der Waals surface area contributed by atoms with Crippen LogP contribution >= 0.6 is 0 Å². The number of aromatic nitrogens is 1. The van der Waals surface area contributed by atoms with Gasteiger partial charge in [0.2, 0.25) is 5.91 Å². The second kappa shape index (κ2) is 4.56. The summed E-state index contributed by atoms with van der Waals surface area (Å²) in [6.07, 6.45) is 6.89. The molecular weight excluding hydrogens is 250 g/mol. The molecule has 4 rings (SSSR count). The van der Waals surface area contributed by atoms with Crippen LogP contribution in [0.3, 0.4) is 0 Å². The average Bonchev–Trinajstić information content (AvgIpc) is 3.10. The number of carbonyl (C=O) groups is 1. The Morgan fingerprint density at radius 2 is 2.25 bits per heavy atom. The lowest BCUT2D eigenvalue weighted by atomic mass is 9.88. The maximum Gasteiger partial charge on any atom is 0.229 e. The zero-order chi connectivity index (χ0) is 13.5. The Bertz CT molecular complexity index is 664. The summed E-state index contributed by atoms with van der Waals surface area (Å²) < 4.78 is 0. The van der Waals surface area contributed by atoms with Crippen LogP contribution in [-0.2, 0) is 4.79 Å². The molecule has 0 radical (unpaired) electrons. The molecule has 1 aromatic carbocycles. The van der Waals surface area contributed by atoms with Gasteiger partial charge in [0.05, 0.1) is 11.6 Å². The number of benzene rings is 1. The SMILES string of the molecule is O=C(Nc1cccc2ccncc12)C1CC2CCC1N2. The first-order chi connectivity index (χ1) is 9.81. The highest BCUT2D eigenvalue weighted by Gasteiger charge is 2.42. The van der Waals surface area contributed by atoms with E-state index in [1.165, 1.54) is 6.42 Å². The number of hydrogen-bond donors (Lipinski definition) is 2. The summed E-state index contributed by atoms with van der Waals surface area (Å²) in [7, 11) is 0. The Morgan fingerprint density at radius 1 is 1.30 bits per heavy atom. The van der Waals surface area contributed by atoms with Crippen molar-refractivity contribution in [3.05, 3.63) is 36.7 Å². The van der Waals surface area contributed by atoms with E-state index in [-0.39, 0.29) is 11.8 Å². The zero-order valence-corrected chi connectivity index (χ0v) is 11.2. The molecule has 3 unspecified atom stereocenters. The van der Waals surface area contributed by atoms with Crippen molar-refractivity contribution in [2.75, 3.05) is 5.32 Å². The first kappa shape index (κ1) is 11.9. The van der Waals surface area contributed by atoms with Gasteiger partial charge in [-0.25, -0.2) is 0 Å². The van der Waals surface area contributed by atoms with Crippen molar-refractivity contribution in [2.45, 2.75) is 31.3 Å². The molecule has 3 atom stereocenters. The lowest BCUT2D eigenvalue weighted by Crippen LogP contribution is -2.32. The molecule has 4 heteroatoms. The fourth-order valence-electron chi connectivity index (χ4n) is 3.56. The van der Waals surface area contributed by atoms with E-state index in [4.69, 9.17) is 0 Å². The second-order valence-electron chi connectivity index (χ2n) is 5.78. The molecule has 2 saturated heterocycles. The molecule has 4 nitrogen and oxygen atoms in total. The minimum absolute atomic E-state index is 0.112. The molecule has 2 aromatic rings. The summed E-state index contributed by atoms with van der Waals surface area (Å²) in [5.74, 6) is 0.252. The van der Waals surface area contributed by atoms with Crippen LogP contribution in [0.15, 0.2) is 36.7 Å². The molecule has 1 aromatic heterocycles. The number of fused-ring (bicyclic) bond motifs is 3. The molecule has 0 spiro atoms. The third kappa shape index (κ3) is 1.88. The fourth-order valence-corrected chi connectivity index (χ4v) is 3.56. The van der Waals surface area contributed by atoms with Gasteiger partial charge in [0, 0.05) is 29.9 Å². The van der Waals surface area contributed by atoms with E-state index < -0.39 is 0 Å². The maximum absolute atomic E-state index is 12.5. The lowest BCUT2D eigenvalue weighted by Gasteiger charge is -2.19. The first-order valence-electron chi connectivity index (χ1n) is 7.21. The summed E-state index contributed by atoms with van der Waals surface area (Å²) in [6, 6.07) is 8.83. The van der Waals surface area contributed by atoms with Gasteiger partial charge in [-0.1, -0.05) is 12.1 Å². The Balaban J connectivity index is 1.60. The van der Waals surface area contributed by atoms with Crippen LogP contribution in [0, 0.1) is 5.92 Å². The van der Waals surface area contributed by atoms with Crippen molar-refractivity contribution in [1.82, 2.24) is 10.3 Å². The monoisotopic (exact) mass is 267 g/mol. The molecule has 2 aliphatic rings. The van der Waals surface area contributed by atoms with Gasteiger partial charge >= 0.3 is 0 Å². The molecule has 3 heterocycles. The minimum atomic E-state index is 0.112. The van der Waals surface area contributed by atoms with Crippen LogP contribution in [0.25, 0.3) is 10.8 Å². The molecule has 0 aliphatic carbocycles. The number of anilines is 1. The van der Waals surface area contributed by atoms with Crippen LogP contribution in [0.1, 0.15) is 19.3 Å². The van der Waals surface area contributed by atoms with Gasteiger partial charge in [-0.15, -0.1) is 0 Å². The quantitative estimate of drug-likeness (QED) is 0.878. The topological polar surface area (TPSA) is 54.0 Å². The zero-order valence-electron chi connectivity index (χ0n) is 11.2. The summed E-state index contributed by atoms with van der Waals surface area (Å²) in [5.41, 5.74) is 0.864. The predicted molar refractivity (Wildman–Crippen MR) is 78.4 cm³/mol. The molecule has 1 amide bonds. The van der Waals surface area contributed by atoms with Crippen molar-refractivity contribution in [1.29, 1.82) is 0 Å². The molecule has 2 aliphatic heterocycles. The minimum Gasteiger partial charge on any atom is -0.325 e. The first-order valence-corrected chi connectivity index (χ1v) is 7.21. The third-order valence-corrected chi connectivity index (χ3v) is 4.58. The van der Waals surface area contributed by atoms with Gasteiger partial charge in [-0.3, -0.25) is 9.78 Å². The predicted octanol–water partition coefficient (Wildman–Crippen LogP) is 2.31. The fraction of sp³-hybridized carbons (Fsp3) is 0.375. The molecule has 2 N–H and O–H groups in total. The molecular formula is C16H17N3O. The largest absolute Gasteiger partial charge is 0.325 e. The number of pyridine rings is 1. The molecule has 102 valence electrons. The highest BCUT2D eigenvalue weighted by Crippen LogP contribution is 2.34. The van der Waals surface area contributed by atoms with Crippen molar-refractivity contribution in [3.8, 4) is 0 Å². The molecule has 0 saturated carbocycles. The van der Waals surface area contributed by atoms with Gasteiger partial charge in [-0.2, -0.15) is 0 Å². The summed E-state index contributed by atoms with van der Waals surface area (Å²) in [4.78, 5) is 16.6. The van der Waals surface area contributed by atoms with Crippen molar-refractivity contribution >= 4 is 22.4 Å². The normalized spacial score (nSPS) is 27.9. The van der Waals surface area contributed by atoms with Crippen LogP contribution in [0.2, 0.25) is 0 Å². The van der Waals surface area contributed by atoms with Gasteiger partial charge in [-0.05, 0) is 36.8 Å². The molecule has 20 heavy (non-hydrogen) atoms. The van der Waals surface area contributed by atoms with E-state index >= 15 is 0 Å². The Morgan fingerprint density at radius 3 is 3.05 bits per heavy atom. The lowest BCUT2D eigenvalue weighted by molar-refractivity contribution is -0.120. The number of carbonyl (C=O) groups excluding carboxylic acids is 1. The number of hydrogen-bond acceptors (Lipinski definition) is 3. The van der Waals surface area contributed by atoms with Crippen LogP contribution < -0.4 is 10.6 Å². The summed E-state index contributed by atoms with van der Waals surface area (Å²) >= 11 is 0. The van der Waals surface area contributed by atoms with Gasteiger partial charge < -0.3 is 10.6 Å². The highest BCUT2D eigenvalue weighted by atomic mass is 16.2. The maximum atomic E-state index is 12.5. The van der Waals surface area contributed by atoms with Gasteiger partial charge in [0.25, 0.3) is 0 Å². The van der Waals surface area contributed by atoms with Crippen LogP contribution in [0.4, 0.5) is 5.69 Å². The van der Waals surface area contributed by atoms with Crippen molar-refractivity contribution in [2.24, 2.45) is 5.92 Å². The van der Waals surface area contributed by atoms with Crippen molar-refractivity contribution < 1.29 is 4.79 Å². The van der Waals surface area contributed by atoms with E-state index in [9.17, 15) is 4.79 Å². The van der Waals surface area contributed by atoms with E-state index in [0.29, 0.717) is 12.1 Å². The smallest absolute Gasteiger partial charge is 0.229 e.